The van der Waals surface area contributed by atoms with Crippen LogP contribution in [0, 0.1) is 0 Å². The molecule has 0 fully saturated rings. The molecule has 0 heterocycles. The fourth-order valence-electron chi connectivity index (χ4n) is 2.27. The molecule has 0 spiro atoms. The van der Waals surface area contributed by atoms with Crippen LogP contribution in [0.15, 0.2) is 72.8 Å². The maximum Gasteiger partial charge on any atom is 0.328 e. The van der Waals surface area contributed by atoms with E-state index in [-0.39, 0.29) is 6.04 Å². The Bertz CT molecular complexity index is 701. The van der Waals surface area contributed by atoms with E-state index < -0.39 is 18.0 Å². The number of nitrogens with zero attached hydrogens (tertiary/aromatic N) is 1. The number of benzene rings is 2. The summed E-state index contributed by atoms with van der Waals surface area (Å²) in [5, 5.41) is 27.7. The van der Waals surface area contributed by atoms with Gasteiger partial charge in [0.1, 0.15) is 0 Å². The molecule has 2 aromatic carbocycles. The maximum atomic E-state index is 10.5. The van der Waals surface area contributed by atoms with E-state index in [0.717, 1.165) is 11.1 Å². The van der Waals surface area contributed by atoms with Crippen molar-refractivity contribution in [2.75, 3.05) is 7.05 Å². The number of hydrogen-bond acceptors (Lipinski definition) is 5. The Balaban J connectivity index is 0.000000359. The first-order chi connectivity index (χ1) is 12.3. The first-order valence-corrected chi connectivity index (χ1v) is 7.72. The van der Waals surface area contributed by atoms with Gasteiger partial charge in [0.25, 0.3) is 0 Å². The van der Waals surface area contributed by atoms with Gasteiger partial charge in [0, 0.05) is 19.2 Å². The Kier molecular flexibility index (Phi) is 8.72. The molecule has 26 heavy (non-hydrogen) atoms. The summed E-state index contributed by atoms with van der Waals surface area (Å²) in [6.07, 6.45) is 0.466. The van der Waals surface area contributed by atoms with Crippen LogP contribution in [0.25, 0.3) is 0 Å². The Labute approximate surface area is 151 Å². The largest absolute Gasteiger partial charge is 0.478 e. The number of hydrazine groups is 1. The van der Waals surface area contributed by atoms with Crippen LogP contribution < -0.4 is 5.84 Å². The number of nitrogens with two attached hydrogens (primary N) is 1. The van der Waals surface area contributed by atoms with Crippen molar-refractivity contribution in [3.63, 3.8) is 0 Å². The number of aliphatic hydroxyl groups excluding tert-OH is 1. The third kappa shape index (κ3) is 7.27. The second-order valence-corrected chi connectivity index (χ2v) is 5.39. The van der Waals surface area contributed by atoms with Crippen molar-refractivity contribution in [1.82, 2.24) is 5.01 Å². The molecule has 0 unspecified atom stereocenters. The van der Waals surface area contributed by atoms with E-state index in [0.29, 0.717) is 12.2 Å². The molecule has 5 N–H and O–H groups in total. The predicted molar refractivity (Wildman–Crippen MR) is 96.9 cm³/mol. The number of carbonyl (C=O) groups is 2. The van der Waals surface area contributed by atoms with Crippen LogP contribution in [0.2, 0.25) is 0 Å². The van der Waals surface area contributed by atoms with E-state index in [1.54, 1.807) is 12.1 Å². The molecule has 7 heteroatoms. The number of aliphatic hydroxyl groups is 1. The summed E-state index contributed by atoms with van der Waals surface area (Å²) in [7, 11) is 1.77. The SMILES string of the molecule is CN(N)[C@@H](c1ccccc1)[C@@H](O)c1ccccc1.O=C(O)/C=C/C(=O)O. The fraction of sp³-hybridized carbons (Fsp3) is 0.158. The number of rotatable bonds is 6. The molecule has 0 aliphatic heterocycles. The second kappa shape index (κ2) is 10.8. The van der Waals surface area contributed by atoms with Gasteiger partial charge in [-0.2, -0.15) is 0 Å². The third-order valence-corrected chi connectivity index (χ3v) is 3.39. The van der Waals surface area contributed by atoms with E-state index in [2.05, 4.69) is 0 Å². The van der Waals surface area contributed by atoms with Gasteiger partial charge in [-0.25, -0.2) is 14.6 Å². The minimum absolute atomic E-state index is 0.256. The number of carboxylic acid groups (broad SMARTS) is 2. The van der Waals surface area contributed by atoms with Gasteiger partial charge in [-0.1, -0.05) is 60.7 Å². The van der Waals surface area contributed by atoms with Crippen molar-refractivity contribution < 1.29 is 24.9 Å². The zero-order chi connectivity index (χ0) is 19.5. The number of carboxylic acids is 2. The highest BCUT2D eigenvalue weighted by atomic mass is 16.4. The first-order valence-electron chi connectivity index (χ1n) is 7.72. The summed E-state index contributed by atoms with van der Waals surface area (Å²) in [5.41, 5.74) is 1.86. The molecule has 0 aliphatic rings. The number of likely N-dealkylation sites (N-methyl/N-ethyl adjacent to an activating group) is 1. The zero-order valence-corrected chi connectivity index (χ0v) is 14.3. The molecule has 0 amide bonds. The van der Waals surface area contributed by atoms with Crippen LogP contribution >= 0.6 is 0 Å². The first kappa shape index (κ1) is 21.0. The second-order valence-electron chi connectivity index (χ2n) is 5.39. The van der Waals surface area contributed by atoms with Gasteiger partial charge >= 0.3 is 11.9 Å². The molecule has 0 aromatic heterocycles. The van der Waals surface area contributed by atoms with Crippen LogP contribution in [0.3, 0.4) is 0 Å². The molecule has 0 aliphatic carbocycles. The number of aliphatic carboxylic acids is 2. The summed E-state index contributed by atoms with van der Waals surface area (Å²) < 4.78 is 0. The molecule has 2 rings (SSSR count). The van der Waals surface area contributed by atoms with Crippen molar-refractivity contribution in [3.05, 3.63) is 83.9 Å². The zero-order valence-electron chi connectivity index (χ0n) is 14.3. The molecule has 0 radical (unpaired) electrons. The number of hydrogen-bond donors (Lipinski definition) is 4. The van der Waals surface area contributed by atoms with Crippen molar-refractivity contribution in [2.45, 2.75) is 12.1 Å². The summed E-state index contributed by atoms with van der Waals surface area (Å²) in [5.74, 6) is 3.37. The fourth-order valence-corrected chi connectivity index (χ4v) is 2.27. The van der Waals surface area contributed by atoms with E-state index >= 15 is 0 Å². The minimum atomic E-state index is -1.26. The van der Waals surface area contributed by atoms with E-state index in [1.165, 1.54) is 0 Å². The highest BCUT2D eigenvalue weighted by Gasteiger charge is 2.24. The monoisotopic (exact) mass is 358 g/mol. The molecular weight excluding hydrogens is 336 g/mol. The van der Waals surface area contributed by atoms with E-state index in [9.17, 15) is 14.7 Å². The van der Waals surface area contributed by atoms with Crippen LogP contribution in [-0.4, -0.2) is 39.3 Å². The van der Waals surface area contributed by atoms with Crippen molar-refractivity contribution in [1.29, 1.82) is 0 Å². The van der Waals surface area contributed by atoms with Gasteiger partial charge in [0.05, 0.1) is 12.1 Å². The molecule has 7 nitrogen and oxygen atoms in total. The van der Waals surface area contributed by atoms with Gasteiger partial charge < -0.3 is 15.3 Å². The van der Waals surface area contributed by atoms with Crippen molar-refractivity contribution in [3.8, 4) is 0 Å². The van der Waals surface area contributed by atoms with E-state index in [4.69, 9.17) is 16.1 Å². The standard InChI is InChI=1S/C15H18N2O.C4H4O4/c1-17(16)14(12-8-4-2-5-9-12)15(18)13-10-6-3-7-11-13;5-3(6)1-2-4(7)8/h2-11,14-15,18H,16H2,1H3;1-2H,(H,5,6)(H,7,8)/b;2-1+/t14-,15-;/m0./s1. The summed E-state index contributed by atoms with van der Waals surface area (Å²) >= 11 is 0. The average molecular weight is 358 g/mol. The maximum absolute atomic E-state index is 10.5. The lowest BCUT2D eigenvalue weighted by molar-refractivity contribution is -0.134. The topological polar surface area (TPSA) is 124 Å². The smallest absolute Gasteiger partial charge is 0.328 e. The lowest BCUT2D eigenvalue weighted by Crippen LogP contribution is -2.35. The predicted octanol–water partition coefficient (Wildman–Crippen LogP) is 1.98. The Morgan fingerprint density at radius 3 is 1.62 bits per heavy atom. The summed E-state index contributed by atoms with van der Waals surface area (Å²) in [6.45, 7) is 0. The minimum Gasteiger partial charge on any atom is -0.478 e. The van der Waals surface area contributed by atoms with Crippen molar-refractivity contribution >= 4 is 11.9 Å². The summed E-state index contributed by atoms with van der Waals surface area (Å²) in [4.78, 5) is 19.1. The molecule has 138 valence electrons. The van der Waals surface area contributed by atoms with Gasteiger partial charge in [0.15, 0.2) is 0 Å². The molecule has 2 aromatic rings. The molecule has 0 saturated carbocycles. The van der Waals surface area contributed by atoms with Crippen LogP contribution in [0.4, 0.5) is 0 Å². The quantitative estimate of drug-likeness (QED) is 0.353. The highest BCUT2D eigenvalue weighted by Crippen LogP contribution is 2.31. The molecule has 2 atom stereocenters. The molecule has 0 bridgehead atoms. The summed E-state index contributed by atoms with van der Waals surface area (Å²) in [6, 6.07) is 19.1. The van der Waals surface area contributed by atoms with Gasteiger partial charge in [-0.05, 0) is 11.1 Å². The van der Waals surface area contributed by atoms with Crippen molar-refractivity contribution in [2.24, 2.45) is 5.84 Å². The van der Waals surface area contributed by atoms with Crippen LogP contribution in [-0.2, 0) is 9.59 Å². The lowest BCUT2D eigenvalue weighted by atomic mass is 9.95. The van der Waals surface area contributed by atoms with Gasteiger partial charge in [0.2, 0.25) is 0 Å². The van der Waals surface area contributed by atoms with Gasteiger partial charge in [-0.3, -0.25) is 5.84 Å². The normalized spacial score (nSPS) is 12.9. The molecule has 0 saturated heterocycles. The van der Waals surface area contributed by atoms with Crippen LogP contribution in [0.5, 0.6) is 0 Å². The Morgan fingerprint density at radius 1 is 0.885 bits per heavy atom. The molecular formula is C19H22N2O5. The van der Waals surface area contributed by atoms with E-state index in [1.807, 2.05) is 60.7 Å². The van der Waals surface area contributed by atoms with Crippen LogP contribution in [0.1, 0.15) is 23.3 Å². The highest BCUT2D eigenvalue weighted by molar-refractivity contribution is 5.89. The van der Waals surface area contributed by atoms with Gasteiger partial charge in [-0.15, -0.1) is 0 Å². The Hall–Kier alpha value is -3.00. The average Bonchev–Trinajstić information content (AvgIpc) is 2.62. The third-order valence-electron chi connectivity index (χ3n) is 3.39. The lowest BCUT2D eigenvalue weighted by Gasteiger charge is -2.29. The Morgan fingerprint density at radius 2 is 1.27 bits per heavy atom.